The van der Waals surface area contributed by atoms with Gasteiger partial charge in [-0.05, 0) is 30.5 Å². The number of hydrogen-bond acceptors (Lipinski definition) is 4. The number of sulfone groups is 1. The quantitative estimate of drug-likeness (QED) is 0.774. The van der Waals surface area contributed by atoms with Crippen molar-refractivity contribution in [3.8, 4) is 0 Å². The first-order chi connectivity index (χ1) is 11.9. The molecule has 0 aliphatic carbocycles. The van der Waals surface area contributed by atoms with Gasteiger partial charge in [-0.15, -0.1) is 0 Å². The summed E-state index contributed by atoms with van der Waals surface area (Å²) in [7, 11) is -3.54. The van der Waals surface area contributed by atoms with Gasteiger partial charge in [0.1, 0.15) is 5.60 Å². The molecule has 0 atom stereocenters. The van der Waals surface area contributed by atoms with Gasteiger partial charge in [0, 0.05) is 6.42 Å². The summed E-state index contributed by atoms with van der Waals surface area (Å²) in [4.78, 5) is 5.23. The predicted molar refractivity (Wildman–Crippen MR) is 102 cm³/mol. The second kappa shape index (κ2) is 6.84. The van der Waals surface area contributed by atoms with E-state index in [0.717, 1.165) is 16.7 Å². The second-order valence-electron chi connectivity index (χ2n) is 6.72. The van der Waals surface area contributed by atoms with Crippen LogP contribution in [0.1, 0.15) is 31.4 Å². The van der Waals surface area contributed by atoms with Gasteiger partial charge in [-0.1, -0.05) is 71.9 Å². The summed E-state index contributed by atoms with van der Waals surface area (Å²) in [5.41, 5.74) is 2.01. The van der Waals surface area contributed by atoms with Crippen LogP contribution in [0.15, 0.2) is 65.8 Å². The Bertz CT molecular complexity index is 898. The van der Waals surface area contributed by atoms with E-state index in [1.54, 1.807) is 0 Å². The molecule has 5 heteroatoms. The molecule has 0 bridgehead atoms. The van der Waals surface area contributed by atoms with E-state index in [-0.39, 0.29) is 10.8 Å². The van der Waals surface area contributed by atoms with Crippen LogP contribution in [-0.4, -0.2) is 24.8 Å². The SMILES string of the molecule is CC1(C)CC(S(=O)(=O)C/C(=C/c2ccccc2)c2ccccc2)=NO1. The van der Waals surface area contributed by atoms with Crippen molar-refractivity contribution in [3.05, 3.63) is 71.8 Å². The summed E-state index contributed by atoms with van der Waals surface area (Å²) in [5, 5.41) is 3.93. The van der Waals surface area contributed by atoms with Crippen molar-refractivity contribution in [3.63, 3.8) is 0 Å². The Kier molecular flexibility index (Phi) is 4.77. The van der Waals surface area contributed by atoms with Gasteiger partial charge >= 0.3 is 0 Å². The molecule has 0 saturated heterocycles. The van der Waals surface area contributed by atoms with Crippen LogP contribution >= 0.6 is 0 Å². The maximum atomic E-state index is 12.8. The van der Waals surface area contributed by atoms with Crippen molar-refractivity contribution < 1.29 is 13.3 Å². The van der Waals surface area contributed by atoms with Crippen LogP contribution in [0.4, 0.5) is 0 Å². The smallest absolute Gasteiger partial charge is 0.199 e. The molecular formula is C20H21NO3S. The van der Waals surface area contributed by atoms with E-state index < -0.39 is 15.4 Å². The minimum Gasteiger partial charge on any atom is -0.389 e. The molecule has 0 radical (unpaired) electrons. The van der Waals surface area contributed by atoms with Gasteiger partial charge in [0.05, 0.1) is 5.75 Å². The molecule has 0 fully saturated rings. The van der Waals surface area contributed by atoms with E-state index in [2.05, 4.69) is 5.16 Å². The van der Waals surface area contributed by atoms with Crippen molar-refractivity contribution in [2.75, 3.05) is 5.75 Å². The maximum Gasteiger partial charge on any atom is 0.199 e. The molecule has 2 aromatic rings. The van der Waals surface area contributed by atoms with E-state index in [9.17, 15) is 8.42 Å². The van der Waals surface area contributed by atoms with Crippen molar-refractivity contribution in [1.82, 2.24) is 0 Å². The highest BCUT2D eigenvalue weighted by molar-refractivity contribution is 8.06. The molecule has 0 saturated carbocycles. The zero-order valence-corrected chi connectivity index (χ0v) is 15.2. The minimum atomic E-state index is -3.54. The van der Waals surface area contributed by atoms with Crippen molar-refractivity contribution in [1.29, 1.82) is 0 Å². The Morgan fingerprint density at radius 1 is 1.08 bits per heavy atom. The monoisotopic (exact) mass is 355 g/mol. The molecule has 130 valence electrons. The van der Waals surface area contributed by atoms with Gasteiger partial charge < -0.3 is 4.84 Å². The summed E-state index contributed by atoms with van der Waals surface area (Å²) in [5.74, 6) is -0.107. The molecule has 25 heavy (non-hydrogen) atoms. The third kappa shape index (κ3) is 4.37. The van der Waals surface area contributed by atoms with Gasteiger partial charge in [-0.2, -0.15) is 0 Å². The van der Waals surface area contributed by atoms with Gasteiger partial charge in [-0.25, -0.2) is 8.42 Å². The Morgan fingerprint density at radius 3 is 2.24 bits per heavy atom. The van der Waals surface area contributed by atoms with Crippen molar-refractivity contribution >= 4 is 26.5 Å². The molecular weight excluding hydrogens is 334 g/mol. The molecule has 0 N–H and O–H groups in total. The number of hydrogen-bond donors (Lipinski definition) is 0. The summed E-state index contributed by atoms with van der Waals surface area (Å²) >= 11 is 0. The fraction of sp³-hybridized carbons (Fsp3) is 0.250. The average Bonchev–Trinajstić information content (AvgIpc) is 2.97. The Morgan fingerprint density at radius 2 is 1.68 bits per heavy atom. The Balaban J connectivity index is 1.95. The largest absolute Gasteiger partial charge is 0.389 e. The molecule has 1 aliphatic heterocycles. The summed E-state index contributed by atoms with van der Waals surface area (Å²) in [6.45, 7) is 3.66. The van der Waals surface area contributed by atoms with Crippen LogP contribution in [0.25, 0.3) is 11.6 Å². The van der Waals surface area contributed by atoms with Crippen LogP contribution in [0.2, 0.25) is 0 Å². The standard InChI is InChI=1S/C20H21NO3S/c1-20(2)14-19(21-24-20)25(22,23)15-18(17-11-7-4-8-12-17)13-16-9-5-3-6-10-16/h3-13H,14-15H2,1-2H3/b18-13-. The topological polar surface area (TPSA) is 55.7 Å². The average molecular weight is 355 g/mol. The predicted octanol–water partition coefficient (Wildman–Crippen LogP) is 4.15. The van der Waals surface area contributed by atoms with E-state index in [4.69, 9.17) is 4.84 Å². The molecule has 1 heterocycles. The lowest BCUT2D eigenvalue weighted by Crippen LogP contribution is -2.24. The molecule has 3 rings (SSSR count). The first-order valence-electron chi connectivity index (χ1n) is 8.15. The fourth-order valence-corrected chi connectivity index (χ4v) is 4.21. The number of rotatable bonds is 4. The highest BCUT2D eigenvalue weighted by Crippen LogP contribution is 2.28. The molecule has 1 aliphatic rings. The van der Waals surface area contributed by atoms with Crippen LogP contribution in [0.3, 0.4) is 0 Å². The van der Waals surface area contributed by atoms with Crippen molar-refractivity contribution in [2.24, 2.45) is 5.16 Å². The van der Waals surface area contributed by atoms with Gasteiger partial charge in [0.15, 0.2) is 14.9 Å². The van der Waals surface area contributed by atoms with E-state index in [0.29, 0.717) is 6.42 Å². The molecule has 0 aromatic heterocycles. The summed E-state index contributed by atoms with van der Waals surface area (Å²) < 4.78 is 25.7. The normalized spacial score (nSPS) is 17.0. The summed E-state index contributed by atoms with van der Waals surface area (Å²) in [6, 6.07) is 19.3. The van der Waals surface area contributed by atoms with Crippen LogP contribution in [0, 0.1) is 0 Å². The van der Waals surface area contributed by atoms with Gasteiger partial charge in [-0.3, -0.25) is 0 Å². The molecule has 0 amide bonds. The van der Waals surface area contributed by atoms with Gasteiger partial charge in [0.25, 0.3) is 0 Å². The number of benzene rings is 2. The second-order valence-corrected chi connectivity index (χ2v) is 8.71. The van der Waals surface area contributed by atoms with Crippen LogP contribution in [0.5, 0.6) is 0 Å². The Hall–Kier alpha value is -2.40. The lowest BCUT2D eigenvalue weighted by molar-refractivity contribution is 0.0123. The molecule has 4 nitrogen and oxygen atoms in total. The van der Waals surface area contributed by atoms with E-state index >= 15 is 0 Å². The van der Waals surface area contributed by atoms with Crippen LogP contribution < -0.4 is 0 Å². The lowest BCUT2D eigenvalue weighted by atomic mass is 10.0. The molecule has 0 unspecified atom stereocenters. The first kappa shape index (κ1) is 17.4. The maximum absolute atomic E-state index is 12.8. The van der Waals surface area contributed by atoms with Crippen molar-refractivity contribution in [2.45, 2.75) is 25.9 Å². The minimum absolute atomic E-state index is 0.107. The van der Waals surface area contributed by atoms with E-state index in [1.165, 1.54) is 0 Å². The van der Waals surface area contributed by atoms with Crippen LogP contribution in [-0.2, 0) is 14.7 Å². The van der Waals surface area contributed by atoms with Gasteiger partial charge in [0.2, 0.25) is 0 Å². The number of oxime groups is 1. The highest BCUT2D eigenvalue weighted by atomic mass is 32.2. The highest BCUT2D eigenvalue weighted by Gasteiger charge is 2.36. The van der Waals surface area contributed by atoms with E-state index in [1.807, 2.05) is 80.6 Å². The zero-order valence-electron chi connectivity index (χ0n) is 14.3. The fourth-order valence-electron chi connectivity index (χ4n) is 2.67. The molecule has 2 aromatic carbocycles. The summed E-state index contributed by atoms with van der Waals surface area (Å²) in [6.07, 6.45) is 2.21. The molecule has 0 spiro atoms. The Labute approximate surface area is 148 Å². The first-order valence-corrected chi connectivity index (χ1v) is 9.80. The third-order valence-electron chi connectivity index (χ3n) is 3.96. The zero-order chi connectivity index (χ0) is 17.9. The lowest BCUT2D eigenvalue weighted by Gasteiger charge is -2.13. The third-order valence-corrected chi connectivity index (χ3v) is 5.59. The number of nitrogens with zero attached hydrogens (tertiary/aromatic N) is 1.